The van der Waals surface area contributed by atoms with Crippen LogP contribution in [-0.4, -0.2) is 0 Å². The molecule has 0 spiro atoms. The van der Waals surface area contributed by atoms with Crippen molar-refractivity contribution in [3.8, 4) is 11.1 Å². The maximum atomic E-state index is 3.79. The Hall–Kier alpha value is -1.92. The molecular weight excluding hydrogens is 510 g/mol. The van der Waals surface area contributed by atoms with Crippen molar-refractivity contribution in [2.45, 2.75) is 20.3 Å². The van der Waals surface area contributed by atoms with E-state index in [9.17, 15) is 0 Å². The summed E-state index contributed by atoms with van der Waals surface area (Å²) in [6, 6.07) is 22.1. The van der Waals surface area contributed by atoms with Crippen LogP contribution in [0.15, 0.2) is 78.9 Å². The van der Waals surface area contributed by atoms with Gasteiger partial charge in [0, 0.05) is 0 Å². The van der Waals surface area contributed by atoms with E-state index in [0.717, 1.165) is 6.42 Å². The Balaban J connectivity index is 0.000000963. The van der Waals surface area contributed by atoms with Crippen LogP contribution in [-0.2, 0) is 26.2 Å². The number of hydrogen-bond donors (Lipinski definition) is 0. The quantitative estimate of drug-likeness (QED) is 0.215. The van der Waals surface area contributed by atoms with Crippen LogP contribution in [0.4, 0.5) is 0 Å². The fourth-order valence-corrected chi connectivity index (χ4v) is 5.01. The summed E-state index contributed by atoms with van der Waals surface area (Å²) < 4.78 is 0. The maximum absolute atomic E-state index is 3.79. The Bertz CT molecular complexity index is 1540. The normalized spacial score (nSPS) is 12.8. The average Bonchev–Trinajstić information content (AvgIpc) is 3.41. The molecule has 1 radical (unpaired) electrons. The monoisotopic (exact) mass is 529 g/mol. The zero-order chi connectivity index (χ0) is 19.5. The van der Waals surface area contributed by atoms with E-state index < -0.39 is 0 Å². The van der Waals surface area contributed by atoms with Gasteiger partial charge in [-0.15, -0.1) is 28.5 Å². The molecule has 0 atom stereocenters. The molecular formula is C29H21Cl2Zr. The van der Waals surface area contributed by atoms with Crippen LogP contribution in [0.3, 0.4) is 0 Å². The van der Waals surface area contributed by atoms with E-state index >= 15 is 0 Å². The number of halogens is 2. The molecule has 2 aliphatic carbocycles. The van der Waals surface area contributed by atoms with Gasteiger partial charge in [-0.2, -0.15) is 0 Å². The van der Waals surface area contributed by atoms with Crippen molar-refractivity contribution in [3.05, 3.63) is 100 Å². The smallest absolute Gasteiger partial charge is 1.00 e. The summed E-state index contributed by atoms with van der Waals surface area (Å²) in [5.74, 6) is 0. The minimum atomic E-state index is 0. The molecule has 0 saturated heterocycles. The van der Waals surface area contributed by atoms with E-state index in [1.807, 2.05) is 0 Å². The first-order valence-electron chi connectivity index (χ1n) is 10.3. The molecule has 0 bridgehead atoms. The number of benzene rings is 4. The van der Waals surface area contributed by atoms with E-state index in [1.54, 1.807) is 0 Å². The van der Waals surface area contributed by atoms with Crippen molar-refractivity contribution in [3.63, 3.8) is 0 Å². The molecule has 2 aliphatic rings. The van der Waals surface area contributed by atoms with E-state index in [0.29, 0.717) is 0 Å². The Morgan fingerprint density at radius 3 is 1.97 bits per heavy atom. The van der Waals surface area contributed by atoms with Gasteiger partial charge in [-0.3, -0.25) is 0 Å². The first-order valence-corrected chi connectivity index (χ1v) is 10.3. The third-order valence-corrected chi connectivity index (χ3v) is 6.28. The Kier molecular flexibility index (Phi) is 7.35. The van der Waals surface area contributed by atoms with Gasteiger partial charge in [0.1, 0.15) is 0 Å². The van der Waals surface area contributed by atoms with Gasteiger partial charge in [0.2, 0.25) is 0 Å². The van der Waals surface area contributed by atoms with E-state index in [1.165, 1.54) is 65.4 Å². The van der Waals surface area contributed by atoms with E-state index in [2.05, 4.69) is 98.8 Å². The molecule has 155 valence electrons. The largest absolute Gasteiger partial charge is 3.00 e. The summed E-state index contributed by atoms with van der Waals surface area (Å²) in [5, 5.41) is 7.82. The SMILES string of the molecule is CC(C)=c1ccc2c(c1C1=CC=CC1)-c1c(c3ccccc3c3ccccc13)[C-]=2.[Cl-].[Cl-].[Zr+3]. The van der Waals surface area contributed by atoms with Crippen LogP contribution in [0.1, 0.15) is 31.4 Å². The van der Waals surface area contributed by atoms with Crippen molar-refractivity contribution in [2.24, 2.45) is 0 Å². The van der Waals surface area contributed by atoms with E-state index in [-0.39, 0.29) is 51.0 Å². The topological polar surface area (TPSA) is 0 Å². The second-order valence-electron chi connectivity index (χ2n) is 8.20. The number of fused-ring (bicyclic) bond motifs is 8. The van der Waals surface area contributed by atoms with Crippen molar-refractivity contribution in [1.82, 2.24) is 0 Å². The second kappa shape index (κ2) is 9.52. The summed E-state index contributed by atoms with van der Waals surface area (Å²) in [4.78, 5) is 0. The Labute approximate surface area is 220 Å². The summed E-state index contributed by atoms with van der Waals surface area (Å²) >= 11 is 0. The van der Waals surface area contributed by atoms with E-state index in [4.69, 9.17) is 0 Å². The predicted molar refractivity (Wildman–Crippen MR) is 125 cm³/mol. The van der Waals surface area contributed by atoms with Gasteiger partial charge in [-0.1, -0.05) is 94.7 Å². The number of rotatable bonds is 1. The summed E-state index contributed by atoms with van der Waals surface area (Å²) in [5.41, 5.74) is 8.10. The zero-order valence-corrected chi connectivity index (χ0v) is 21.9. The number of allylic oxidation sites excluding steroid dienone is 4. The fraction of sp³-hybridized carbons (Fsp3) is 0.103. The minimum Gasteiger partial charge on any atom is -1.00 e. The van der Waals surface area contributed by atoms with Gasteiger partial charge in [-0.05, 0) is 47.4 Å². The number of hydrogen-bond acceptors (Lipinski definition) is 0. The first kappa shape index (κ1) is 24.7. The molecule has 0 nitrogen and oxygen atoms in total. The molecule has 0 heterocycles. The Morgan fingerprint density at radius 2 is 1.34 bits per heavy atom. The molecule has 3 heteroatoms. The van der Waals surface area contributed by atoms with Crippen LogP contribution in [0, 0.1) is 0 Å². The fourth-order valence-electron chi connectivity index (χ4n) is 5.01. The molecule has 32 heavy (non-hydrogen) atoms. The van der Waals surface area contributed by atoms with Gasteiger partial charge < -0.3 is 24.8 Å². The molecule has 0 fully saturated rings. The molecule has 6 rings (SSSR count). The van der Waals surface area contributed by atoms with Crippen molar-refractivity contribution in [1.29, 1.82) is 0 Å². The van der Waals surface area contributed by atoms with Crippen LogP contribution < -0.4 is 35.3 Å². The molecule has 0 aliphatic heterocycles. The molecule has 0 amide bonds. The van der Waals surface area contributed by atoms with Crippen molar-refractivity contribution >= 4 is 38.8 Å². The van der Waals surface area contributed by atoms with Crippen LogP contribution in [0.25, 0.3) is 49.9 Å². The van der Waals surface area contributed by atoms with Gasteiger partial charge in [0.05, 0.1) is 0 Å². The maximum Gasteiger partial charge on any atom is 3.00 e. The van der Waals surface area contributed by atoms with Crippen LogP contribution in [0.5, 0.6) is 0 Å². The molecule has 0 unspecified atom stereocenters. The summed E-state index contributed by atoms with van der Waals surface area (Å²) in [6.07, 6.45) is 11.5. The minimum absolute atomic E-state index is 0. The zero-order valence-electron chi connectivity index (χ0n) is 18.0. The van der Waals surface area contributed by atoms with Crippen LogP contribution >= 0.6 is 0 Å². The molecule has 0 saturated carbocycles. The Morgan fingerprint density at radius 1 is 0.719 bits per heavy atom. The average molecular weight is 532 g/mol. The second-order valence-corrected chi connectivity index (χ2v) is 8.20. The third-order valence-electron chi connectivity index (χ3n) is 6.28. The molecule has 4 aromatic rings. The molecule has 4 aromatic carbocycles. The third kappa shape index (κ3) is 3.56. The summed E-state index contributed by atoms with van der Waals surface area (Å²) in [7, 11) is 0. The predicted octanol–water partition coefficient (Wildman–Crippen LogP) is 0.219. The molecule has 0 N–H and O–H groups in total. The van der Waals surface area contributed by atoms with Gasteiger partial charge in [0.25, 0.3) is 0 Å². The van der Waals surface area contributed by atoms with Crippen molar-refractivity contribution < 1.29 is 51.0 Å². The van der Waals surface area contributed by atoms with Crippen molar-refractivity contribution in [2.75, 3.05) is 0 Å². The van der Waals surface area contributed by atoms with Gasteiger partial charge in [-0.25, -0.2) is 0 Å². The standard InChI is InChI=1S/C29H21.2ClH.Zr/c1-18(2)21-16-15-20-17-26-24-13-6-5-11-22(24)23-12-7-8-14-25(23)29(26)28(20)27(21)19-9-3-4-10-19;;;/h3-9,11-16H,10H2,1-2H3;2*1H;/q-1;;;+3/p-2. The first-order chi connectivity index (χ1) is 14.2. The van der Waals surface area contributed by atoms with Gasteiger partial charge in [0.15, 0.2) is 0 Å². The summed E-state index contributed by atoms with van der Waals surface area (Å²) in [6.45, 7) is 4.44. The van der Waals surface area contributed by atoms with Crippen LogP contribution in [0.2, 0.25) is 0 Å². The molecule has 0 aromatic heterocycles. The van der Waals surface area contributed by atoms with Gasteiger partial charge >= 0.3 is 26.2 Å².